The van der Waals surface area contributed by atoms with E-state index in [2.05, 4.69) is 32.9 Å². The van der Waals surface area contributed by atoms with Gasteiger partial charge in [0, 0.05) is 5.56 Å². The third kappa shape index (κ3) is 2.60. The number of aromatic hydroxyl groups is 1. The van der Waals surface area contributed by atoms with Crippen LogP contribution in [0, 0.1) is 13.8 Å². The minimum atomic E-state index is 0.0167. The number of phenols is 1. The lowest BCUT2D eigenvalue weighted by Crippen LogP contribution is -2.13. The van der Waals surface area contributed by atoms with Crippen LogP contribution in [0.15, 0.2) is 24.3 Å². The Bertz CT molecular complexity index is 731. The lowest BCUT2D eigenvalue weighted by atomic mass is 9.86. The van der Waals surface area contributed by atoms with Crippen molar-refractivity contribution in [1.29, 1.82) is 0 Å². The normalized spacial score (nSPS) is 15.7. The summed E-state index contributed by atoms with van der Waals surface area (Å²) in [7, 11) is 0. The molecule has 0 radical (unpaired) electrons. The molecule has 1 heterocycles. The van der Waals surface area contributed by atoms with Crippen molar-refractivity contribution in [3.05, 3.63) is 46.5 Å². The van der Waals surface area contributed by atoms with Crippen LogP contribution in [0.25, 0.3) is 11.1 Å². The summed E-state index contributed by atoms with van der Waals surface area (Å²) in [6.07, 6.45) is 4.60. The highest BCUT2D eigenvalue weighted by molar-refractivity contribution is 5.84. The van der Waals surface area contributed by atoms with E-state index in [4.69, 9.17) is 4.74 Å². The van der Waals surface area contributed by atoms with Crippen molar-refractivity contribution in [1.82, 2.24) is 0 Å². The summed E-state index contributed by atoms with van der Waals surface area (Å²) >= 11 is 0. The van der Waals surface area contributed by atoms with Gasteiger partial charge in [0.15, 0.2) is 0 Å². The maximum absolute atomic E-state index is 10.9. The van der Waals surface area contributed by atoms with Gasteiger partial charge in [-0.1, -0.05) is 44.0 Å². The number of hydrogen-bond donors (Lipinski definition) is 1. The summed E-state index contributed by atoms with van der Waals surface area (Å²) in [6, 6.07) is 8.23. The molecule has 0 saturated heterocycles. The van der Waals surface area contributed by atoms with Gasteiger partial charge in [-0.3, -0.25) is 0 Å². The molecule has 0 bridgehead atoms. The van der Waals surface area contributed by atoms with Gasteiger partial charge in [-0.25, -0.2) is 0 Å². The van der Waals surface area contributed by atoms with Crippen molar-refractivity contribution < 1.29 is 9.84 Å². The average molecular weight is 310 g/mol. The second kappa shape index (κ2) is 6.27. The molecule has 0 saturated carbocycles. The monoisotopic (exact) mass is 310 g/mol. The van der Waals surface area contributed by atoms with Crippen LogP contribution < -0.4 is 4.74 Å². The number of benzene rings is 2. The average Bonchev–Trinajstić information content (AvgIpc) is 2.56. The quantitative estimate of drug-likeness (QED) is 0.716. The number of unbranched alkanes of at least 4 members (excludes halogenated alkanes) is 2. The van der Waals surface area contributed by atoms with Crippen LogP contribution in [-0.2, 0) is 6.42 Å². The zero-order valence-electron chi connectivity index (χ0n) is 14.6. The lowest BCUT2D eigenvalue weighted by molar-refractivity contribution is 0.220. The number of phenolic OH excluding ortho intramolecular Hbond substituents is 1. The maximum atomic E-state index is 10.9. The molecule has 1 unspecified atom stereocenters. The Morgan fingerprint density at radius 1 is 1.09 bits per heavy atom. The largest absolute Gasteiger partial charge is 0.507 e. The summed E-state index contributed by atoms with van der Waals surface area (Å²) in [5.41, 5.74) is 6.56. The van der Waals surface area contributed by atoms with Crippen molar-refractivity contribution in [2.24, 2.45) is 0 Å². The van der Waals surface area contributed by atoms with Gasteiger partial charge in [-0.2, -0.15) is 0 Å². The summed E-state index contributed by atoms with van der Waals surface area (Å²) in [4.78, 5) is 0. The summed E-state index contributed by atoms with van der Waals surface area (Å²) < 4.78 is 6.21. The topological polar surface area (TPSA) is 29.5 Å². The number of fused-ring (bicyclic) bond motifs is 3. The van der Waals surface area contributed by atoms with Crippen LogP contribution in [0.4, 0.5) is 0 Å². The maximum Gasteiger partial charge on any atom is 0.134 e. The molecular weight excluding hydrogens is 284 g/mol. The first-order valence-corrected chi connectivity index (χ1v) is 8.67. The molecule has 1 N–H and O–H groups in total. The van der Waals surface area contributed by atoms with Crippen LogP contribution >= 0.6 is 0 Å². The molecule has 1 aliphatic heterocycles. The Labute approximate surface area is 139 Å². The molecule has 2 heteroatoms. The van der Waals surface area contributed by atoms with E-state index < -0.39 is 0 Å². The first-order chi connectivity index (χ1) is 11.1. The first kappa shape index (κ1) is 15.9. The molecule has 1 atom stereocenters. The fourth-order valence-electron chi connectivity index (χ4n) is 3.69. The van der Waals surface area contributed by atoms with E-state index in [0.29, 0.717) is 5.75 Å². The summed E-state index contributed by atoms with van der Waals surface area (Å²) in [6.45, 7) is 8.46. The van der Waals surface area contributed by atoms with E-state index in [1.54, 1.807) is 0 Å². The Balaban J connectivity index is 2.17. The Hall–Kier alpha value is -1.96. The van der Waals surface area contributed by atoms with Crippen molar-refractivity contribution in [2.45, 2.75) is 59.5 Å². The van der Waals surface area contributed by atoms with Gasteiger partial charge in [0.05, 0.1) is 5.56 Å². The summed E-state index contributed by atoms with van der Waals surface area (Å²) in [5, 5.41) is 10.9. The number of hydrogen-bond acceptors (Lipinski definition) is 2. The van der Waals surface area contributed by atoms with Gasteiger partial charge >= 0.3 is 0 Å². The van der Waals surface area contributed by atoms with E-state index in [9.17, 15) is 5.11 Å². The molecule has 0 spiro atoms. The van der Waals surface area contributed by atoms with Crippen LogP contribution in [0.3, 0.4) is 0 Å². The molecule has 2 nitrogen and oxygen atoms in total. The molecular formula is C21H26O2. The molecule has 122 valence electrons. The Kier molecular flexibility index (Phi) is 4.34. The van der Waals surface area contributed by atoms with Crippen LogP contribution in [0.5, 0.6) is 11.5 Å². The molecule has 0 aromatic heterocycles. The first-order valence-electron chi connectivity index (χ1n) is 8.67. The van der Waals surface area contributed by atoms with Crippen molar-refractivity contribution >= 4 is 0 Å². The van der Waals surface area contributed by atoms with E-state index in [-0.39, 0.29) is 6.10 Å². The third-order valence-corrected chi connectivity index (χ3v) is 5.06. The predicted molar refractivity (Wildman–Crippen MR) is 95.3 cm³/mol. The minimum absolute atomic E-state index is 0.0167. The highest BCUT2D eigenvalue weighted by Crippen LogP contribution is 2.51. The van der Waals surface area contributed by atoms with E-state index in [1.165, 1.54) is 24.0 Å². The zero-order chi connectivity index (χ0) is 16.6. The highest BCUT2D eigenvalue weighted by atomic mass is 16.5. The highest BCUT2D eigenvalue weighted by Gasteiger charge is 2.29. The number of ether oxygens (including phenoxy) is 1. The van der Waals surface area contributed by atoms with Gasteiger partial charge in [-0.05, 0) is 55.9 Å². The van der Waals surface area contributed by atoms with Crippen LogP contribution in [0.2, 0.25) is 0 Å². The van der Waals surface area contributed by atoms with Gasteiger partial charge in [0.1, 0.15) is 17.6 Å². The number of rotatable bonds is 4. The van der Waals surface area contributed by atoms with Crippen molar-refractivity contribution in [3.8, 4) is 22.6 Å². The molecule has 2 aromatic carbocycles. The molecule has 2 aromatic rings. The zero-order valence-corrected chi connectivity index (χ0v) is 14.6. The summed E-state index contributed by atoms with van der Waals surface area (Å²) in [5.74, 6) is 1.25. The van der Waals surface area contributed by atoms with E-state index >= 15 is 0 Å². The second-order valence-electron chi connectivity index (χ2n) is 6.59. The van der Waals surface area contributed by atoms with E-state index in [1.807, 2.05) is 19.1 Å². The van der Waals surface area contributed by atoms with Gasteiger partial charge < -0.3 is 9.84 Å². The third-order valence-electron chi connectivity index (χ3n) is 5.06. The predicted octanol–water partition coefficient (Wildman–Crippen LogP) is 5.86. The Morgan fingerprint density at radius 2 is 1.83 bits per heavy atom. The van der Waals surface area contributed by atoms with Gasteiger partial charge in [0.25, 0.3) is 0 Å². The SMILES string of the molecule is CCCCCc1c(C)c(O)c2c(c1C)OC(C)c1ccccc1-2. The molecule has 23 heavy (non-hydrogen) atoms. The fraction of sp³-hybridized carbons (Fsp3) is 0.429. The van der Waals surface area contributed by atoms with Crippen molar-refractivity contribution in [2.75, 3.05) is 0 Å². The van der Waals surface area contributed by atoms with Crippen LogP contribution in [0.1, 0.15) is 61.5 Å². The molecule has 0 amide bonds. The van der Waals surface area contributed by atoms with Gasteiger partial charge in [-0.15, -0.1) is 0 Å². The molecule has 3 rings (SSSR count). The standard InChI is InChI=1S/C21H26O2/c1-5-6-7-10-16-13(2)20(22)19-18-12-9-8-11-17(18)15(4)23-21(19)14(16)3/h8-9,11-12,15,22H,5-7,10H2,1-4H3. The molecule has 0 fully saturated rings. The van der Waals surface area contributed by atoms with Crippen LogP contribution in [-0.4, -0.2) is 5.11 Å². The lowest BCUT2D eigenvalue weighted by Gasteiger charge is -2.30. The molecule has 0 aliphatic carbocycles. The fourth-order valence-corrected chi connectivity index (χ4v) is 3.69. The van der Waals surface area contributed by atoms with Gasteiger partial charge in [0.2, 0.25) is 0 Å². The van der Waals surface area contributed by atoms with Crippen molar-refractivity contribution in [3.63, 3.8) is 0 Å². The smallest absolute Gasteiger partial charge is 0.134 e. The minimum Gasteiger partial charge on any atom is -0.507 e. The second-order valence-corrected chi connectivity index (χ2v) is 6.59. The Morgan fingerprint density at radius 3 is 2.57 bits per heavy atom. The molecule has 1 aliphatic rings. The van der Waals surface area contributed by atoms with E-state index in [0.717, 1.165) is 40.8 Å².